The van der Waals surface area contributed by atoms with Gasteiger partial charge in [0.05, 0.1) is 10.5 Å². The highest BCUT2D eigenvalue weighted by Crippen LogP contribution is 2.38. The quantitative estimate of drug-likeness (QED) is 0.162. The van der Waals surface area contributed by atoms with Crippen molar-refractivity contribution >= 4 is 17.2 Å². The van der Waals surface area contributed by atoms with E-state index in [0.717, 1.165) is 48.7 Å². The maximum Gasteiger partial charge on any atom is 0.423 e. The highest BCUT2D eigenvalue weighted by atomic mass is 19.4. The van der Waals surface area contributed by atoms with Gasteiger partial charge in [-0.05, 0) is 61.6 Å². The molecule has 1 aromatic heterocycles. The first-order valence-corrected chi connectivity index (χ1v) is 14.2. The first-order chi connectivity index (χ1) is 20.8. The minimum Gasteiger partial charge on any atom is -0.474 e. The standard InChI is InChI=1S/C30H31F6N5O3/c31-29(32,33)21-6-4-20(5-7-21)19-39-14-16-40(17-15-39)27-2-1-3-28(38-27)44-24-11-8-22(9-12-24)37-23-10-13-26(41(42)43)25(18-23)30(34,35)36/h1-7,10,13,18,22,24,37H,8-9,11-12,14-17,19H2. The topological polar surface area (TPSA) is 83.8 Å². The van der Waals surface area contributed by atoms with Gasteiger partial charge in [-0.15, -0.1) is 0 Å². The van der Waals surface area contributed by atoms with E-state index in [1.54, 1.807) is 6.07 Å². The number of halogens is 6. The normalized spacial score (nSPS) is 19.9. The van der Waals surface area contributed by atoms with Crippen LogP contribution in [0.15, 0.2) is 60.7 Å². The lowest BCUT2D eigenvalue weighted by Gasteiger charge is -2.35. The molecule has 1 N–H and O–H groups in total. The lowest BCUT2D eigenvalue weighted by atomic mass is 9.92. The lowest BCUT2D eigenvalue weighted by Crippen LogP contribution is -2.46. The van der Waals surface area contributed by atoms with E-state index in [4.69, 9.17) is 4.74 Å². The molecule has 1 aliphatic heterocycles. The highest BCUT2D eigenvalue weighted by Gasteiger charge is 2.38. The molecule has 0 bridgehead atoms. The van der Waals surface area contributed by atoms with Gasteiger partial charge in [0, 0.05) is 56.6 Å². The summed E-state index contributed by atoms with van der Waals surface area (Å²) in [6, 6.07) is 13.6. The summed E-state index contributed by atoms with van der Waals surface area (Å²) in [6.07, 6.45) is -6.70. The van der Waals surface area contributed by atoms with E-state index in [1.807, 2.05) is 12.1 Å². The van der Waals surface area contributed by atoms with Crippen LogP contribution in [0, 0.1) is 10.1 Å². The monoisotopic (exact) mass is 623 g/mol. The van der Waals surface area contributed by atoms with Crippen molar-refractivity contribution in [3.8, 4) is 5.88 Å². The molecule has 2 aromatic carbocycles. The van der Waals surface area contributed by atoms with Gasteiger partial charge in [-0.2, -0.15) is 31.3 Å². The van der Waals surface area contributed by atoms with Gasteiger partial charge in [0.1, 0.15) is 17.5 Å². The van der Waals surface area contributed by atoms with E-state index in [9.17, 15) is 36.5 Å². The molecule has 2 aliphatic rings. The van der Waals surface area contributed by atoms with Crippen LogP contribution in [-0.4, -0.2) is 53.1 Å². The number of pyridine rings is 1. The maximum absolute atomic E-state index is 13.3. The highest BCUT2D eigenvalue weighted by molar-refractivity contribution is 5.55. The zero-order valence-electron chi connectivity index (χ0n) is 23.6. The summed E-state index contributed by atoms with van der Waals surface area (Å²) >= 11 is 0. The van der Waals surface area contributed by atoms with Gasteiger partial charge in [0.2, 0.25) is 5.88 Å². The molecular weight excluding hydrogens is 592 g/mol. The second-order valence-electron chi connectivity index (χ2n) is 11.0. The second kappa shape index (κ2) is 12.9. The van der Waals surface area contributed by atoms with Gasteiger partial charge >= 0.3 is 12.4 Å². The molecule has 0 radical (unpaired) electrons. The van der Waals surface area contributed by atoms with Crippen molar-refractivity contribution in [2.75, 3.05) is 36.4 Å². The Morgan fingerprint density at radius 1 is 0.886 bits per heavy atom. The number of aromatic nitrogens is 1. The van der Waals surface area contributed by atoms with Gasteiger partial charge in [-0.25, -0.2) is 0 Å². The number of nitrogens with one attached hydrogen (secondary N) is 1. The summed E-state index contributed by atoms with van der Waals surface area (Å²) < 4.78 is 84.6. The van der Waals surface area contributed by atoms with Crippen molar-refractivity contribution in [2.45, 2.75) is 56.7 Å². The number of alkyl halides is 6. The first-order valence-electron chi connectivity index (χ1n) is 14.2. The molecule has 44 heavy (non-hydrogen) atoms. The number of nitro benzene ring substituents is 1. The Hall–Kier alpha value is -4.07. The Balaban J connectivity index is 1.09. The molecule has 0 amide bonds. The van der Waals surface area contributed by atoms with Crippen molar-refractivity contribution in [1.29, 1.82) is 0 Å². The van der Waals surface area contributed by atoms with E-state index >= 15 is 0 Å². The van der Waals surface area contributed by atoms with Crippen LogP contribution in [0.5, 0.6) is 5.88 Å². The molecule has 3 aromatic rings. The third-order valence-corrected chi connectivity index (χ3v) is 7.92. The minimum absolute atomic E-state index is 0.101. The Bertz CT molecular complexity index is 1430. The van der Waals surface area contributed by atoms with Crippen LogP contribution in [0.2, 0.25) is 0 Å². The molecule has 14 heteroatoms. The molecule has 5 rings (SSSR count). The number of benzene rings is 2. The SMILES string of the molecule is O=[N+]([O-])c1ccc(NC2CCC(Oc3cccc(N4CCN(Cc5ccc(C(F)(F)F)cc5)CC4)n3)CC2)cc1C(F)(F)F. The summed E-state index contributed by atoms with van der Waals surface area (Å²) in [6.45, 7) is 3.42. The average molecular weight is 624 g/mol. The van der Waals surface area contributed by atoms with Gasteiger partial charge in [0.25, 0.3) is 5.69 Å². The first kappa shape index (κ1) is 31.4. The number of rotatable bonds is 8. The summed E-state index contributed by atoms with van der Waals surface area (Å²) in [7, 11) is 0. The molecule has 236 valence electrons. The maximum atomic E-state index is 13.3. The summed E-state index contributed by atoms with van der Waals surface area (Å²) in [4.78, 5) is 19.0. The minimum atomic E-state index is -4.84. The van der Waals surface area contributed by atoms with Crippen LogP contribution >= 0.6 is 0 Å². The molecule has 2 heterocycles. The van der Waals surface area contributed by atoms with E-state index in [-0.39, 0.29) is 17.8 Å². The zero-order chi connectivity index (χ0) is 31.5. The summed E-state index contributed by atoms with van der Waals surface area (Å²) in [5.74, 6) is 1.25. The number of nitro groups is 1. The molecule has 0 atom stereocenters. The van der Waals surface area contributed by atoms with Crippen LogP contribution in [0.3, 0.4) is 0 Å². The lowest BCUT2D eigenvalue weighted by molar-refractivity contribution is -0.388. The number of nitrogens with zero attached hydrogens (tertiary/aromatic N) is 4. The van der Waals surface area contributed by atoms with E-state index < -0.39 is 34.1 Å². The fraction of sp³-hybridized carbons (Fsp3) is 0.433. The average Bonchev–Trinajstić information content (AvgIpc) is 2.98. The number of hydrogen-bond acceptors (Lipinski definition) is 7. The smallest absolute Gasteiger partial charge is 0.423 e. The molecule has 8 nitrogen and oxygen atoms in total. The largest absolute Gasteiger partial charge is 0.474 e. The fourth-order valence-electron chi connectivity index (χ4n) is 5.58. The number of hydrogen-bond donors (Lipinski definition) is 1. The Morgan fingerprint density at radius 2 is 1.57 bits per heavy atom. The van der Waals surface area contributed by atoms with Crippen molar-refractivity contribution in [3.05, 3.63) is 87.5 Å². The van der Waals surface area contributed by atoms with Gasteiger partial charge in [-0.3, -0.25) is 15.0 Å². The molecular formula is C30H31F6N5O3. The van der Waals surface area contributed by atoms with Crippen molar-refractivity contribution in [3.63, 3.8) is 0 Å². The summed E-state index contributed by atoms with van der Waals surface area (Å²) in [5.41, 5.74) is -1.91. The van der Waals surface area contributed by atoms with Crippen LogP contribution in [0.4, 0.5) is 43.5 Å². The van der Waals surface area contributed by atoms with Gasteiger partial charge in [0.15, 0.2) is 0 Å². The predicted octanol–water partition coefficient (Wildman–Crippen LogP) is 7.15. The Morgan fingerprint density at radius 3 is 2.18 bits per heavy atom. The molecule has 1 aliphatic carbocycles. The predicted molar refractivity (Wildman–Crippen MR) is 152 cm³/mol. The number of anilines is 2. The van der Waals surface area contributed by atoms with Crippen molar-refractivity contribution in [2.24, 2.45) is 0 Å². The van der Waals surface area contributed by atoms with Gasteiger partial charge in [-0.1, -0.05) is 18.2 Å². The second-order valence-corrected chi connectivity index (χ2v) is 11.0. The zero-order valence-corrected chi connectivity index (χ0v) is 23.6. The van der Waals surface area contributed by atoms with Crippen LogP contribution < -0.4 is 15.0 Å². The van der Waals surface area contributed by atoms with E-state index in [1.165, 1.54) is 18.2 Å². The molecule has 1 saturated heterocycles. The molecule has 2 fully saturated rings. The van der Waals surface area contributed by atoms with Crippen LogP contribution in [0.1, 0.15) is 42.4 Å². The third kappa shape index (κ3) is 7.90. The Kier molecular flexibility index (Phi) is 9.18. The third-order valence-electron chi connectivity index (χ3n) is 7.92. The van der Waals surface area contributed by atoms with E-state index in [0.29, 0.717) is 51.2 Å². The molecule has 0 spiro atoms. The van der Waals surface area contributed by atoms with Crippen molar-refractivity contribution in [1.82, 2.24) is 9.88 Å². The van der Waals surface area contributed by atoms with Crippen LogP contribution in [-0.2, 0) is 18.9 Å². The number of ether oxygens (including phenoxy) is 1. The molecule has 0 unspecified atom stereocenters. The molecule has 1 saturated carbocycles. The summed E-state index contributed by atoms with van der Waals surface area (Å²) in [5, 5.41) is 14.1. The van der Waals surface area contributed by atoms with E-state index in [2.05, 4.69) is 20.1 Å². The fourth-order valence-corrected chi connectivity index (χ4v) is 5.58. The Labute approximate surface area is 249 Å². The van der Waals surface area contributed by atoms with Crippen molar-refractivity contribution < 1.29 is 36.0 Å². The number of piperazine rings is 1. The van der Waals surface area contributed by atoms with Crippen LogP contribution in [0.25, 0.3) is 0 Å². The van der Waals surface area contributed by atoms with Gasteiger partial charge < -0.3 is 15.0 Å².